The van der Waals surface area contributed by atoms with E-state index in [1.165, 1.54) is 0 Å². The molecule has 14 heavy (non-hydrogen) atoms. The van der Waals surface area contributed by atoms with Crippen molar-refractivity contribution in [3.63, 3.8) is 0 Å². The van der Waals surface area contributed by atoms with Crippen LogP contribution in [0.4, 0.5) is 30.7 Å². The van der Waals surface area contributed by atoms with Gasteiger partial charge in [0.05, 0.1) is 0 Å². The maximum Gasteiger partial charge on any atom is 0.318 e. The molecule has 2 aliphatic carbocycles. The molecule has 2 aliphatic rings. The summed E-state index contributed by atoms with van der Waals surface area (Å²) in [4.78, 5) is 0. The Kier molecular flexibility index (Phi) is 1.57. The molecule has 2 bridgehead atoms. The first-order chi connectivity index (χ1) is 6.16. The van der Waals surface area contributed by atoms with Gasteiger partial charge in [-0.15, -0.1) is 0 Å². The number of hydrogen-bond acceptors (Lipinski definition) is 0. The van der Waals surface area contributed by atoms with Crippen LogP contribution in [0.2, 0.25) is 0 Å². The van der Waals surface area contributed by atoms with E-state index in [0.29, 0.717) is 0 Å². The van der Waals surface area contributed by atoms with E-state index in [0.717, 1.165) is 0 Å². The lowest BCUT2D eigenvalue weighted by molar-refractivity contribution is -0.276. The van der Waals surface area contributed by atoms with Gasteiger partial charge in [0.15, 0.2) is 12.3 Å². The topological polar surface area (TPSA) is 0 Å². The van der Waals surface area contributed by atoms with Crippen LogP contribution in [0.15, 0.2) is 0 Å². The number of rotatable bonds is 0. The van der Waals surface area contributed by atoms with Gasteiger partial charge in [-0.25, -0.2) is 13.2 Å². The van der Waals surface area contributed by atoms with E-state index in [2.05, 4.69) is 0 Å². The fourth-order valence-corrected chi connectivity index (χ4v) is 2.15. The predicted molar refractivity (Wildman–Crippen MR) is 31.6 cm³/mol. The van der Waals surface area contributed by atoms with Crippen molar-refractivity contribution in [2.75, 3.05) is 0 Å². The Balaban J connectivity index is 2.52. The lowest BCUT2D eigenvalue weighted by Gasteiger charge is -2.37. The monoisotopic (exact) mass is 222 g/mol. The summed E-state index contributed by atoms with van der Waals surface area (Å²) in [5.41, 5.74) is -4.37. The number of halogens is 7. The first-order valence-corrected chi connectivity index (χ1v) is 3.89. The lowest BCUT2D eigenvalue weighted by Crippen LogP contribution is -2.62. The largest absolute Gasteiger partial charge is 0.318 e. The van der Waals surface area contributed by atoms with Crippen molar-refractivity contribution in [1.82, 2.24) is 0 Å². The Bertz CT molecular complexity index is 251. The third-order valence-electron chi connectivity index (χ3n) is 3.02. The van der Waals surface area contributed by atoms with Crippen LogP contribution in [-0.2, 0) is 0 Å². The second kappa shape index (κ2) is 2.19. The smallest absolute Gasteiger partial charge is 0.240 e. The van der Waals surface area contributed by atoms with Crippen LogP contribution in [0.3, 0.4) is 0 Å². The molecule has 0 saturated heterocycles. The normalized spacial score (nSPS) is 53.8. The zero-order valence-electron chi connectivity index (χ0n) is 6.58. The molecule has 2 saturated carbocycles. The van der Waals surface area contributed by atoms with Crippen LogP contribution in [-0.4, -0.2) is 29.9 Å². The Morgan fingerprint density at radius 1 is 0.786 bits per heavy atom. The van der Waals surface area contributed by atoms with Gasteiger partial charge in [0.25, 0.3) is 0 Å². The number of alkyl halides is 7. The molecule has 2 atom stereocenters. The molecule has 0 aliphatic heterocycles. The van der Waals surface area contributed by atoms with Crippen LogP contribution < -0.4 is 0 Å². The molecule has 2 unspecified atom stereocenters. The number of hydrogen-bond donors (Lipinski definition) is 0. The summed E-state index contributed by atoms with van der Waals surface area (Å²) in [7, 11) is 0. The van der Waals surface area contributed by atoms with Crippen LogP contribution in [0.1, 0.15) is 6.42 Å². The summed E-state index contributed by atoms with van der Waals surface area (Å²) in [5, 5.41) is 0. The molecule has 0 spiro atoms. The van der Waals surface area contributed by atoms with Gasteiger partial charge in [-0.1, -0.05) is 0 Å². The Hall–Kier alpha value is -0.490. The van der Waals surface area contributed by atoms with E-state index in [1.54, 1.807) is 0 Å². The predicted octanol–water partition coefficient (Wildman–Crippen LogP) is 2.68. The van der Waals surface area contributed by atoms with E-state index in [1.807, 2.05) is 0 Å². The molecular formula is C7H5F7. The summed E-state index contributed by atoms with van der Waals surface area (Å²) < 4.78 is 89.3. The molecule has 2 rings (SSSR count). The van der Waals surface area contributed by atoms with Gasteiger partial charge in [-0.05, 0) is 0 Å². The highest BCUT2D eigenvalue weighted by Gasteiger charge is 2.88. The summed E-state index contributed by atoms with van der Waals surface area (Å²) in [5.74, 6) is -11.8. The van der Waals surface area contributed by atoms with Crippen molar-refractivity contribution in [1.29, 1.82) is 0 Å². The van der Waals surface area contributed by atoms with E-state index >= 15 is 0 Å². The van der Waals surface area contributed by atoms with E-state index < -0.39 is 42.2 Å². The molecule has 0 aromatic carbocycles. The van der Waals surface area contributed by atoms with Crippen molar-refractivity contribution in [2.24, 2.45) is 5.92 Å². The van der Waals surface area contributed by atoms with Crippen molar-refractivity contribution < 1.29 is 30.7 Å². The summed E-state index contributed by atoms with van der Waals surface area (Å²) in [6.45, 7) is 0. The van der Waals surface area contributed by atoms with Crippen molar-refractivity contribution in [2.45, 2.75) is 36.3 Å². The van der Waals surface area contributed by atoms with E-state index in [4.69, 9.17) is 0 Å². The second-order valence-electron chi connectivity index (χ2n) is 3.72. The zero-order chi connectivity index (χ0) is 10.9. The van der Waals surface area contributed by atoms with Gasteiger partial charge in [0.1, 0.15) is 0 Å². The first kappa shape index (κ1) is 10.0. The third-order valence-corrected chi connectivity index (χ3v) is 3.02. The fourth-order valence-electron chi connectivity index (χ4n) is 2.15. The van der Waals surface area contributed by atoms with Crippen LogP contribution >= 0.6 is 0 Å². The highest BCUT2D eigenvalue weighted by atomic mass is 19.3. The lowest BCUT2D eigenvalue weighted by atomic mass is 9.88. The number of fused-ring (bicyclic) bond motifs is 2. The Morgan fingerprint density at radius 3 is 1.36 bits per heavy atom. The molecule has 0 radical (unpaired) electrons. The molecule has 0 aromatic heterocycles. The Morgan fingerprint density at radius 2 is 1.14 bits per heavy atom. The highest BCUT2D eigenvalue weighted by molar-refractivity contribution is 5.25. The van der Waals surface area contributed by atoms with Gasteiger partial charge in [0.2, 0.25) is 5.67 Å². The minimum absolute atomic E-state index is 1.46. The first-order valence-electron chi connectivity index (χ1n) is 3.89. The van der Waals surface area contributed by atoms with Gasteiger partial charge in [-0.2, -0.15) is 17.6 Å². The maximum absolute atomic E-state index is 13.2. The summed E-state index contributed by atoms with van der Waals surface area (Å²) >= 11 is 0. The minimum Gasteiger partial charge on any atom is -0.240 e. The van der Waals surface area contributed by atoms with Gasteiger partial charge < -0.3 is 0 Å². The van der Waals surface area contributed by atoms with Crippen LogP contribution in [0, 0.1) is 5.92 Å². The van der Waals surface area contributed by atoms with Crippen molar-refractivity contribution in [3.05, 3.63) is 0 Å². The molecule has 0 heterocycles. The molecule has 0 aromatic rings. The standard InChI is InChI=1S/C7H5F7/c8-3-2-1-5(10,6(3,11)12)7(13,14)4(2)9/h2-4H,1H2. The third kappa shape index (κ3) is 0.704. The summed E-state index contributed by atoms with van der Waals surface area (Å²) in [6.07, 6.45) is -7.79. The van der Waals surface area contributed by atoms with Gasteiger partial charge in [-0.3, -0.25) is 0 Å². The van der Waals surface area contributed by atoms with E-state index in [9.17, 15) is 30.7 Å². The molecule has 0 N–H and O–H groups in total. The molecule has 0 nitrogen and oxygen atoms in total. The second-order valence-corrected chi connectivity index (χ2v) is 3.72. The average Bonchev–Trinajstić information content (AvgIpc) is 2.35. The SMILES string of the molecule is FC1C2CC(F)(C1(F)F)C(F)(F)C2F. The molecule has 82 valence electrons. The molecule has 0 amide bonds. The van der Waals surface area contributed by atoms with Gasteiger partial charge in [0, 0.05) is 12.3 Å². The highest BCUT2D eigenvalue weighted by Crippen LogP contribution is 2.66. The molecule has 2 fully saturated rings. The fraction of sp³-hybridized carbons (Fsp3) is 1.00. The van der Waals surface area contributed by atoms with Crippen LogP contribution in [0.25, 0.3) is 0 Å². The van der Waals surface area contributed by atoms with Crippen molar-refractivity contribution >= 4 is 0 Å². The maximum atomic E-state index is 13.2. The van der Waals surface area contributed by atoms with Gasteiger partial charge >= 0.3 is 11.8 Å². The summed E-state index contributed by atoms with van der Waals surface area (Å²) in [6, 6.07) is 0. The van der Waals surface area contributed by atoms with Crippen molar-refractivity contribution in [3.8, 4) is 0 Å². The zero-order valence-corrected chi connectivity index (χ0v) is 6.58. The average molecular weight is 222 g/mol. The quantitative estimate of drug-likeness (QED) is 0.553. The van der Waals surface area contributed by atoms with E-state index in [-0.39, 0.29) is 0 Å². The minimum atomic E-state index is -4.80. The molecule has 7 heteroatoms. The Labute approximate surface area is 74.1 Å². The van der Waals surface area contributed by atoms with Crippen LogP contribution in [0.5, 0.6) is 0 Å². The molecular weight excluding hydrogens is 217 g/mol.